The van der Waals surface area contributed by atoms with Crippen LogP contribution in [0.5, 0.6) is 0 Å². The molecule has 2 aromatic carbocycles. The van der Waals surface area contributed by atoms with Crippen LogP contribution in [0.3, 0.4) is 0 Å². The zero-order valence-corrected chi connectivity index (χ0v) is 18.2. The summed E-state index contributed by atoms with van der Waals surface area (Å²) in [5.41, 5.74) is 1.38. The van der Waals surface area contributed by atoms with E-state index in [4.69, 9.17) is 23.2 Å². The van der Waals surface area contributed by atoms with E-state index in [-0.39, 0.29) is 5.91 Å². The van der Waals surface area contributed by atoms with Crippen LogP contribution >= 0.6 is 23.2 Å². The van der Waals surface area contributed by atoms with Crippen molar-refractivity contribution in [2.75, 3.05) is 17.1 Å². The fraction of sp³-hybridized carbons (Fsp3) is 0.350. The number of benzene rings is 2. The molecule has 2 rings (SSSR count). The standard InChI is InChI=1S/C20H24Cl2N2O3S/c1-3-19(24(28(2,26)27)17-11-6-10-16(21)14-17)20(25)23-13-7-9-15-8-4-5-12-18(15)22/h4-6,8,10-12,14,19H,3,7,9,13H2,1-2H3,(H,23,25)/t19-/m0/s1. The summed E-state index contributed by atoms with van der Waals surface area (Å²) in [5.74, 6) is -0.341. The second kappa shape index (κ2) is 10.1. The highest BCUT2D eigenvalue weighted by molar-refractivity contribution is 7.92. The number of rotatable bonds is 9. The lowest BCUT2D eigenvalue weighted by Crippen LogP contribution is -2.49. The second-order valence-electron chi connectivity index (χ2n) is 6.45. The van der Waals surface area contributed by atoms with Crippen molar-refractivity contribution < 1.29 is 13.2 Å². The average molecular weight is 443 g/mol. The van der Waals surface area contributed by atoms with Gasteiger partial charge in [0.25, 0.3) is 0 Å². The molecule has 152 valence electrons. The summed E-state index contributed by atoms with van der Waals surface area (Å²) >= 11 is 12.1. The first-order chi connectivity index (χ1) is 13.2. The number of hydrogen-bond donors (Lipinski definition) is 1. The molecule has 0 fully saturated rings. The molecule has 0 saturated carbocycles. The Balaban J connectivity index is 2.06. The molecule has 0 aromatic heterocycles. The number of anilines is 1. The maximum atomic E-state index is 12.7. The Labute approximate surface area is 176 Å². The van der Waals surface area contributed by atoms with Gasteiger partial charge in [0, 0.05) is 16.6 Å². The summed E-state index contributed by atoms with van der Waals surface area (Å²) in [6.45, 7) is 2.20. The molecule has 0 radical (unpaired) electrons. The van der Waals surface area contributed by atoms with E-state index in [9.17, 15) is 13.2 Å². The van der Waals surface area contributed by atoms with Gasteiger partial charge in [-0.1, -0.05) is 54.4 Å². The van der Waals surface area contributed by atoms with E-state index in [2.05, 4.69) is 5.32 Å². The minimum Gasteiger partial charge on any atom is -0.354 e. The molecule has 0 aliphatic carbocycles. The van der Waals surface area contributed by atoms with Gasteiger partial charge in [-0.05, 0) is 49.1 Å². The number of halogens is 2. The van der Waals surface area contributed by atoms with Crippen LogP contribution in [0.1, 0.15) is 25.3 Å². The van der Waals surface area contributed by atoms with Crippen LogP contribution in [0.4, 0.5) is 5.69 Å². The van der Waals surface area contributed by atoms with E-state index in [0.29, 0.717) is 35.1 Å². The highest BCUT2D eigenvalue weighted by atomic mass is 35.5. The highest BCUT2D eigenvalue weighted by Crippen LogP contribution is 2.25. The number of aryl methyl sites for hydroxylation is 1. The minimum absolute atomic E-state index is 0.329. The summed E-state index contributed by atoms with van der Waals surface area (Å²) in [6, 6.07) is 13.2. The molecule has 0 bridgehead atoms. The van der Waals surface area contributed by atoms with Crippen molar-refractivity contribution in [3.05, 3.63) is 64.1 Å². The molecule has 1 amide bonds. The van der Waals surface area contributed by atoms with E-state index in [1.54, 1.807) is 25.1 Å². The van der Waals surface area contributed by atoms with Crippen molar-refractivity contribution in [1.82, 2.24) is 5.32 Å². The summed E-state index contributed by atoms with van der Waals surface area (Å²) < 4.78 is 25.9. The van der Waals surface area contributed by atoms with Gasteiger partial charge in [-0.3, -0.25) is 9.10 Å². The lowest BCUT2D eigenvalue weighted by atomic mass is 10.1. The predicted octanol–water partition coefficient (Wildman–Crippen LogP) is 4.29. The maximum Gasteiger partial charge on any atom is 0.243 e. The monoisotopic (exact) mass is 442 g/mol. The van der Waals surface area contributed by atoms with E-state index in [1.807, 2.05) is 24.3 Å². The lowest BCUT2D eigenvalue weighted by molar-refractivity contribution is -0.122. The molecule has 28 heavy (non-hydrogen) atoms. The third-order valence-corrected chi connectivity index (χ3v) is 6.06. The number of hydrogen-bond acceptors (Lipinski definition) is 3. The van der Waals surface area contributed by atoms with Crippen LogP contribution in [-0.2, 0) is 21.2 Å². The number of amides is 1. The predicted molar refractivity (Wildman–Crippen MR) is 116 cm³/mol. The second-order valence-corrected chi connectivity index (χ2v) is 9.15. The number of carbonyl (C=O) groups excluding carboxylic acids is 1. The van der Waals surface area contributed by atoms with E-state index >= 15 is 0 Å². The number of nitrogens with zero attached hydrogens (tertiary/aromatic N) is 1. The van der Waals surface area contributed by atoms with Crippen LogP contribution in [0.15, 0.2) is 48.5 Å². The molecule has 0 aliphatic heterocycles. The normalized spacial score (nSPS) is 12.4. The first-order valence-electron chi connectivity index (χ1n) is 9.00. The Morgan fingerprint density at radius 1 is 1.14 bits per heavy atom. The van der Waals surface area contributed by atoms with Gasteiger partial charge < -0.3 is 5.32 Å². The topological polar surface area (TPSA) is 66.5 Å². The molecule has 0 heterocycles. The quantitative estimate of drug-likeness (QED) is 0.588. The maximum absolute atomic E-state index is 12.7. The third-order valence-electron chi connectivity index (χ3n) is 4.27. The molecular formula is C20H24Cl2N2O3S. The molecule has 0 saturated heterocycles. The Bertz CT molecular complexity index is 919. The van der Waals surface area contributed by atoms with E-state index < -0.39 is 16.1 Å². The molecule has 0 aliphatic rings. The van der Waals surface area contributed by atoms with Crippen molar-refractivity contribution in [1.29, 1.82) is 0 Å². The summed E-state index contributed by atoms with van der Waals surface area (Å²) in [4.78, 5) is 12.7. The highest BCUT2D eigenvalue weighted by Gasteiger charge is 2.31. The van der Waals surface area contributed by atoms with Gasteiger partial charge in [-0.15, -0.1) is 0 Å². The Morgan fingerprint density at radius 2 is 1.86 bits per heavy atom. The first kappa shape index (κ1) is 22.5. The SMILES string of the molecule is CC[C@@H](C(=O)NCCCc1ccccc1Cl)N(c1cccc(Cl)c1)S(C)(=O)=O. The lowest BCUT2D eigenvalue weighted by Gasteiger charge is -2.30. The van der Waals surface area contributed by atoms with Gasteiger partial charge in [0.1, 0.15) is 6.04 Å². The molecule has 0 unspecified atom stereocenters. The molecule has 5 nitrogen and oxygen atoms in total. The number of carbonyl (C=O) groups is 1. The van der Waals surface area contributed by atoms with Crippen molar-refractivity contribution in [2.24, 2.45) is 0 Å². The largest absolute Gasteiger partial charge is 0.354 e. The van der Waals surface area contributed by atoms with Crippen LogP contribution in [-0.4, -0.2) is 33.2 Å². The molecule has 2 aromatic rings. The van der Waals surface area contributed by atoms with Crippen molar-refractivity contribution in [2.45, 2.75) is 32.2 Å². The summed E-state index contributed by atoms with van der Waals surface area (Å²) in [5, 5.41) is 3.94. The third kappa shape index (κ3) is 6.12. The van der Waals surface area contributed by atoms with Gasteiger partial charge in [0.2, 0.25) is 15.9 Å². The van der Waals surface area contributed by atoms with Crippen molar-refractivity contribution >= 4 is 44.8 Å². The Morgan fingerprint density at radius 3 is 2.46 bits per heavy atom. The average Bonchev–Trinajstić information content (AvgIpc) is 2.63. The summed E-state index contributed by atoms with van der Waals surface area (Å²) in [6.07, 6.45) is 2.83. The molecule has 1 N–H and O–H groups in total. The molecular weight excluding hydrogens is 419 g/mol. The van der Waals surface area contributed by atoms with Crippen molar-refractivity contribution in [3.63, 3.8) is 0 Å². The first-order valence-corrected chi connectivity index (χ1v) is 11.6. The number of sulfonamides is 1. The molecule has 8 heteroatoms. The van der Waals surface area contributed by atoms with Gasteiger partial charge >= 0.3 is 0 Å². The fourth-order valence-electron chi connectivity index (χ4n) is 2.98. The molecule has 0 spiro atoms. The van der Waals surface area contributed by atoms with Crippen LogP contribution < -0.4 is 9.62 Å². The Hall–Kier alpha value is -1.76. The van der Waals surface area contributed by atoms with Crippen LogP contribution in [0.2, 0.25) is 10.0 Å². The Kier molecular flexibility index (Phi) is 8.16. The van der Waals surface area contributed by atoms with Crippen LogP contribution in [0.25, 0.3) is 0 Å². The number of nitrogens with one attached hydrogen (secondary N) is 1. The van der Waals surface area contributed by atoms with E-state index in [0.717, 1.165) is 22.5 Å². The minimum atomic E-state index is -3.67. The smallest absolute Gasteiger partial charge is 0.243 e. The van der Waals surface area contributed by atoms with E-state index in [1.165, 1.54) is 6.07 Å². The zero-order valence-electron chi connectivity index (χ0n) is 15.9. The zero-order chi connectivity index (χ0) is 20.7. The molecule has 1 atom stereocenters. The van der Waals surface area contributed by atoms with Gasteiger partial charge in [0.15, 0.2) is 0 Å². The fourth-order valence-corrected chi connectivity index (χ4v) is 4.60. The van der Waals surface area contributed by atoms with Gasteiger partial charge in [-0.2, -0.15) is 0 Å². The van der Waals surface area contributed by atoms with Gasteiger partial charge in [-0.25, -0.2) is 8.42 Å². The summed E-state index contributed by atoms with van der Waals surface area (Å²) in [7, 11) is -3.67. The van der Waals surface area contributed by atoms with Gasteiger partial charge in [0.05, 0.1) is 11.9 Å². The van der Waals surface area contributed by atoms with Crippen molar-refractivity contribution in [3.8, 4) is 0 Å². The van der Waals surface area contributed by atoms with Crippen LogP contribution in [0, 0.1) is 0 Å².